The Morgan fingerprint density at radius 3 is 2.69 bits per heavy atom. The molecule has 2 heteroatoms. The summed E-state index contributed by atoms with van der Waals surface area (Å²) >= 11 is 0. The summed E-state index contributed by atoms with van der Waals surface area (Å²) in [6.07, 6.45) is 8.72. The molecule has 3 aliphatic rings. The van der Waals surface area contributed by atoms with Crippen molar-refractivity contribution in [1.29, 1.82) is 0 Å². The van der Waals surface area contributed by atoms with Crippen LogP contribution < -0.4 is 10.6 Å². The van der Waals surface area contributed by atoms with Crippen LogP contribution in [-0.2, 0) is 0 Å². The normalized spacial score (nSPS) is 46.7. The molecule has 0 amide bonds. The monoisotopic (exact) mass is 222 g/mol. The Bertz CT molecular complexity index is 227. The molecule has 0 spiro atoms. The van der Waals surface area contributed by atoms with Gasteiger partial charge in [-0.15, -0.1) is 0 Å². The lowest BCUT2D eigenvalue weighted by Crippen LogP contribution is -2.39. The Balaban J connectivity index is 1.36. The van der Waals surface area contributed by atoms with Crippen molar-refractivity contribution >= 4 is 0 Å². The molecule has 2 nitrogen and oxygen atoms in total. The van der Waals surface area contributed by atoms with E-state index in [1.165, 1.54) is 51.6 Å². The summed E-state index contributed by atoms with van der Waals surface area (Å²) in [5, 5.41) is 7.50. The minimum atomic E-state index is 0.766. The minimum Gasteiger partial charge on any atom is -0.315 e. The number of hydrogen-bond donors (Lipinski definition) is 2. The van der Waals surface area contributed by atoms with E-state index < -0.39 is 0 Å². The maximum Gasteiger partial charge on any atom is 0.0198 e. The largest absolute Gasteiger partial charge is 0.315 e. The highest BCUT2D eigenvalue weighted by Crippen LogP contribution is 2.37. The van der Waals surface area contributed by atoms with Crippen molar-refractivity contribution in [2.45, 2.75) is 57.5 Å². The predicted octanol–water partition coefficient (Wildman–Crippen LogP) is 2.15. The second kappa shape index (κ2) is 4.66. The first-order valence-electron chi connectivity index (χ1n) is 7.29. The summed E-state index contributed by atoms with van der Waals surface area (Å²) in [6, 6.07) is 1.63. The molecule has 16 heavy (non-hydrogen) atoms. The summed E-state index contributed by atoms with van der Waals surface area (Å²) in [5.41, 5.74) is 0. The highest BCUT2D eigenvalue weighted by atomic mass is 15.0. The third-order valence-electron chi connectivity index (χ3n) is 5.02. The van der Waals surface area contributed by atoms with E-state index in [1.807, 2.05) is 0 Å². The van der Waals surface area contributed by atoms with Gasteiger partial charge in [-0.25, -0.2) is 0 Å². The Hall–Kier alpha value is -0.0800. The van der Waals surface area contributed by atoms with Gasteiger partial charge in [0.2, 0.25) is 0 Å². The van der Waals surface area contributed by atoms with E-state index in [-0.39, 0.29) is 0 Å². The first kappa shape index (κ1) is 11.0. The molecule has 5 atom stereocenters. The lowest BCUT2D eigenvalue weighted by molar-refractivity contribution is 0.325. The van der Waals surface area contributed by atoms with Gasteiger partial charge >= 0.3 is 0 Å². The van der Waals surface area contributed by atoms with Crippen LogP contribution in [0, 0.1) is 17.8 Å². The molecule has 0 aromatic heterocycles. The number of rotatable bonds is 4. The van der Waals surface area contributed by atoms with Crippen LogP contribution in [0.15, 0.2) is 0 Å². The quantitative estimate of drug-likeness (QED) is 0.761. The second-order valence-corrected chi connectivity index (χ2v) is 6.38. The number of fused-ring (bicyclic) bond motifs is 1. The average Bonchev–Trinajstić information content (AvgIpc) is 2.84. The standard InChI is InChI=1S/C14H26N2/c1-10-6-12(10)8-15-9-13-7-11-4-2-3-5-14(11)16-13/h10-16H,2-9H2,1H3. The lowest BCUT2D eigenvalue weighted by Gasteiger charge is -2.24. The van der Waals surface area contributed by atoms with Gasteiger partial charge in [-0.3, -0.25) is 0 Å². The molecule has 5 unspecified atom stereocenters. The van der Waals surface area contributed by atoms with Gasteiger partial charge < -0.3 is 10.6 Å². The highest BCUT2D eigenvalue weighted by molar-refractivity contribution is 4.94. The second-order valence-electron chi connectivity index (χ2n) is 6.38. The summed E-state index contributed by atoms with van der Waals surface area (Å²) < 4.78 is 0. The molecule has 1 saturated heterocycles. The zero-order valence-corrected chi connectivity index (χ0v) is 10.5. The Kier molecular flexibility index (Phi) is 3.21. The molecule has 0 bridgehead atoms. The summed E-state index contributed by atoms with van der Waals surface area (Å²) in [6.45, 7) is 4.83. The van der Waals surface area contributed by atoms with Crippen molar-refractivity contribution in [3.8, 4) is 0 Å². The zero-order chi connectivity index (χ0) is 11.0. The van der Waals surface area contributed by atoms with Crippen LogP contribution >= 0.6 is 0 Å². The third kappa shape index (κ3) is 2.43. The SMILES string of the molecule is CC1CC1CNCC1CC2CCCCC2N1. The van der Waals surface area contributed by atoms with Gasteiger partial charge in [-0.2, -0.15) is 0 Å². The van der Waals surface area contributed by atoms with Gasteiger partial charge in [0.05, 0.1) is 0 Å². The number of nitrogens with one attached hydrogen (secondary N) is 2. The minimum absolute atomic E-state index is 0.766. The van der Waals surface area contributed by atoms with Crippen LogP contribution in [0.1, 0.15) is 45.4 Å². The van der Waals surface area contributed by atoms with Crippen LogP contribution in [0.5, 0.6) is 0 Å². The Morgan fingerprint density at radius 2 is 1.94 bits per heavy atom. The van der Waals surface area contributed by atoms with Gasteiger partial charge in [0, 0.05) is 18.6 Å². The molecule has 3 fully saturated rings. The van der Waals surface area contributed by atoms with E-state index in [9.17, 15) is 0 Å². The molecule has 3 rings (SSSR count). The van der Waals surface area contributed by atoms with E-state index in [4.69, 9.17) is 0 Å². The van der Waals surface area contributed by atoms with Crippen LogP contribution in [0.2, 0.25) is 0 Å². The van der Waals surface area contributed by atoms with E-state index in [2.05, 4.69) is 17.6 Å². The third-order valence-corrected chi connectivity index (χ3v) is 5.02. The Labute approximate surface area is 99.6 Å². The van der Waals surface area contributed by atoms with Crippen molar-refractivity contribution in [1.82, 2.24) is 10.6 Å². The fourth-order valence-electron chi connectivity index (χ4n) is 3.71. The molecule has 0 radical (unpaired) electrons. The van der Waals surface area contributed by atoms with Crippen molar-refractivity contribution in [3.05, 3.63) is 0 Å². The van der Waals surface area contributed by atoms with Gasteiger partial charge in [0.25, 0.3) is 0 Å². The molecule has 2 N–H and O–H groups in total. The first-order chi connectivity index (χ1) is 7.83. The van der Waals surface area contributed by atoms with E-state index in [1.54, 1.807) is 0 Å². The van der Waals surface area contributed by atoms with Gasteiger partial charge in [0.1, 0.15) is 0 Å². The molecule has 1 heterocycles. The molecule has 1 aliphatic heterocycles. The van der Waals surface area contributed by atoms with Crippen molar-refractivity contribution in [2.75, 3.05) is 13.1 Å². The summed E-state index contributed by atoms with van der Waals surface area (Å²) in [5.74, 6) is 2.98. The molecule has 2 saturated carbocycles. The Morgan fingerprint density at radius 1 is 1.12 bits per heavy atom. The summed E-state index contributed by atoms with van der Waals surface area (Å²) in [7, 11) is 0. The van der Waals surface area contributed by atoms with Gasteiger partial charge in [-0.1, -0.05) is 19.8 Å². The molecule has 0 aromatic carbocycles. The fraction of sp³-hybridized carbons (Fsp3) is 1.00. The molecule has 0 aromatic rings. The fourth-order valence-corrected chi connectivity index (χ4v) is 3.71. The van der Waals surface area contributed by atoms with Crippen molar-refractivity contribution in [3.63, 3.8) is 0 Å². The van der Waals surface area contributed by atoms with Crippen molar-refractivity contribution in [2.24, 2.45) is 17.8 Å². The van der Waals surface area contributed by atoms with E-state index in [0.29, 0.717) is 0 Å². The maximum absolute atomic E-state index is 3.84. The van der Waals surface area contributed by atoms with Crippen LogP contribution in [-0.4, -0.2) is 25.2 Å². The van der Waals surface area contributed by atoms with Gasteiger partial charge in [-0.05, 0) is 50.0 Å². The topological polar surface area (TPSA) is 24.1 Å². The zero-order valence-electron chi connectivity index (χ0n) is 10.5. The number of hydrogen-bond acceptors (Lipinski definition) is 2. The van der Waals surface area contributed by atoms with E-state index >= 15 is 0 Å². The average molecular weight is 222 g/mol. The van der Waals surface area contributed by atoms with Crippen LogP contribution in [0.4, 0.5) is 0 Å². The van der Waals surface area contributed by atoms with Gasteiger partial charge in [0.15, 0.2) is 0 Å². The van der Waals surface area contributed by atoms with Crippen LogP contribution in [0.25, 0.3) is 0 Å². The first-order valence-corrected chi connectivity index (χ1v) is 7.29. The summed E-state index contributed by atoms with van der Waals surface area (Å²) in [4.78, 5) is 0. The molecular formula is C14H26N2. The smallest absolute Gasteiger partial charge is 0.0198 e. The van der Waals surface area contributed by atoms with Crippen LogP contribution in [0.3, 0.4) is 0 Å². The van der Waals surface area contributed by atoms with E-state index in [0.717, 1.165) is 29.8 Å². The molecule has 92 valence electrons. The highest BCUT2D eigenvalue weighted by Gasteiger charge is 2.35. The van der Waals surface area contributed by atoms with Crippen molar-refractivity contribution < 1.29 is 0 Å². The lowest BCUT2D eigenvalue weighted by atomic mass is 9.85. The predicted molar refractivity (Wildman–Crippen MR) is 67.4 cm³/mol. The molecule has 2 aliphatic carbocycles. The maximum atomic E-state index is 3.84. The molecular weight excluding hydrogens is 196 g/mol.